The number of rotatable bonds is 2. The highest BCUT2D eigenvalue weighted by molar-refractivity contribution is 5.96. The summed E-state index contributed by atoms with van der Waals surface area (Å²) in [6.45, 7) is 2.65. The van der Waals surface area contributed by atoms with Crippen LogP contribution in [-0.2, 0) is 9.53 Å². The van der Waals surface area contributed by atoms with Crippen LogP contribution in [0.1, 0.15) is 19.8 Å². The van der Waals surface area contributed by atoms with Gasteiger partial charge in [0.2, 0.25) is 5.91 Å². The zero-order valence-electron chi connectivity index (χ0n) is 9.32. The Morgan fingerprint density at radius 3 is 2.56 bits per heavy atom. The molecule has 1 aromatic rings. The van der Waals surface area contributed by atoms with Crippen LogP contribution < -0.4 is 5.32 Å². The smallest absolute Gasteiger partial charge is 0.233 e. The second-order valence-electron chi connectivity index (χ2n) is 5.19. The summed E-state index contributed by atoms with van der Waals surface area (Å²) in [5.74, 6) is 0.105. The molecule has 1 aliphatic carbocycles. The molecule has 0 unspecified atom stereocenters. The first kappa shape index (κ1) is 9.85. The van der Waals surface area contributed by atoms with Crippen LogP contribution in [0.2, 0.25) is 0 Å². The molecule has 1 amide bonds. The number of hydrogen-bond donors (Lipinski definition) is 1. The highest BCUT2D eigenvalue weighted by Crippen LogP contribution is 2.57. The van der Waals surface area contributed by atoms with E-state index in [2.05, 4.69) is 12.2 Å². The minimum absolute atomic E-state index is 0.0337. The second kappa shape index (κ2) is 3.08. The van der Waals surface area contributed by atoms with Crippen LogP contribution in [0.3, 0.4) is 0 Å². The van der Waals surface area contributed by atoms with Gasteiger partial charge in [-0.25, -0.2) is 0 Å². The molecule has 0 aromatic heterocycles. The Morgan fingerprint density at radius 1 is 1.31 bits per heavy atom. The van der Waals surface area contributed by atoms with Gasteiger partial charge in [0.15, 0.2) is 0 Å². The summed E-state index contributed by atoms with van der Waals surface area (Å²) in [7, 11) is 0. The quantitative estimate of drug-likeness (QED) is 0.824. The molecule has 3 aliphatic rings. The molecule has 0 spiro atoms. The van der Waals surface area contributed by atoms with Gasteiger partial charge < -0.3 is 10.1 Å². The summed E-state index contributed by atoms with van der Waals surface area (Å²) in [6, 6.07) is 9.59. The lowest BCUT2D eigenvalue weighted by Crippen LogP contribution is -2.49. The number of ether oxygens (including phenoxy) is 1. The van der Waals surface area contributed by atoms with Crippen molar-refractivity contribution >= 4 is 11.6 Å². The fourth-order valence-electron chi connectivity index (χ4n) is 2.91. The van der Waals surface area contributed by atoms with Crippen molar-refractivity contribution in [1.29, 1.82) is 0 Å². The average molecular weight is 217 g/mol. The van der Waals surface area contributed by atoms with Crippen molar-refractivity contribution in [3.05, 3.63) is 30.3 Å². The van der Waals surface area contributed by atoms with E-state index in [1.165, 1.54) is 0 Å². The van der Waals surface area contributed by atoms with Gasteiger partial charge in [-0.15, -0.1) is 0 Å². The molecule has 3 fully saturated rings. The van der Waals surface area contributed by atoms with E-state index in [0.29, 0.717) is 6.61 Å². The molecular weight excluding hydrogens is 202 g/mol. The van der Waals surface area contributed by atoms with Crippen molar-refractivity contribution in [2.24, 2.45) is 5.41 Å². The Bertz CT molecular complexity index is 421. The number of amides is 1. The van der Waals surface area contributed by atoms with Crippen molar-refractivity contribution in [3.8, 4) is 0 Å². The van der Waals surface area contributed by atoms with E-state index in [1.807, 2.05) is 30.3 Å². The average Bonchev–Trinajstić information content (AvgIpc) is 2.74. The minimum atomic E-state index is -0.259. The van der Waals surface area contributed by atoms with Gasteiger partial charge in [-0.2, -0.15) is 0 Å². The highest BCUT2D eigenvalue weighted by atomic mass is 16.5. The molecule has 3 nitrogen and oxygen atoms in total. The standard InChI is InChI=1S/C13H15NO2/c1-12-7-13(8-12,9-16-12)11(15)14-10-5-3-2-4-6-10/h2-6H,7-9H2,1H3,(H,14,15). The zero-order valence-corrected chi connectivity index (χ0v) is 9.32. The molecule has 1 N–H and O–H groups in total. The van der Waals surface area contributed by atoms with Crippen LogP contribution in [0.5, 0.6) is 0 Å². The van der Waals surface area contributed by atoms with Crippen molar-refractivity contribution in [3.63, 3.8) is 0 Å². The minimum Gasteiger partial charge on any atom is -0.374 e. The lowest BCUT2D eigenvalue weighted by atomic mass is 9.63. The summed E-state index contributed by atoms with van der Waals surface area (Å²) in [5.41, 5.74) is 0.570. The molecule has 2 aliphatic heterocycles. The lowest BCUT2D eigenvalue weighted by molar-refractivity contribution is -0.129. The summed E-state index contributed by atoms with van der Waals surface area (Å²) < 4.78 is 5.62. The van der Waals surface area contributed by atoms with E-state index in [0.717, 1.165) is 18.5 Å². The van der Waals surface area contributed by atoms with Crippen LogP contribution in [0.25, 0.3) is 0 Å². The number of carbonyl (C=O) groups excluding carboxylic acids is 1. The van der Waals surface area contributed by atoms with E-state index < -0.39 is 0 Å². The van der Waals surface area contributed by atoms with Crippen molar-refractivity contribution in [2.45, 2.75) is 25.4 Å². The third-order valence-corrected chi connectivity index (χ3v) is 3.63. The van der Waals surface area contributed by atoms with Gasteiger partial charge in [-0.05, 0) is 31.9 Å². The zero-order chi connectivity index (χ0) is 11.2. The molecule has 2 bridgehead atoms. The second-order valence-corrected chi connectivity index (χ2v) is 5.19. The molecule has 2 saturated heterocycles. The van der Waals surface area contributed by atoms with Crippen molar-refractivity contribution in [2.75, 3.05) is 11.9 Å². The maximum atomic E-state index is 12.1. The maximum absolute atomic E-state index is 12.1. The molecule has 16 heavy (non-hydrogen) atoms. The van der Waals surface area contributed by atoms with Gasteiger partial charge in [0, 0.05) is 5.69 Å². The Morgan fingerprint density at radius 2 is 2.00 bits per heavy atom. The molecule has 0 atom stereocenters. The Kier molecular flexibility index (Phi) is 1.89. The van der Waals surface area contributed by atoms with Gasteiger partial charge in [-0.3, -0.25) is 4.79 Å². The SMILES string of the molecule is CC12CC(C(=O)Nc3ccccc3)(CO1)C2. The summed E-state index contributed by atoms with van der Waals surface area (Å²) in [6.07, 6.45) is 1.72. The predicted octanol–water partition coefficient (Wildman–Crippen LogP) is 2.19. The lowest BCUT2D eigenvalue weighted by Gasteiger charge is -2.40. The Hall–Kier alpha value is -1.35. The van der Waals surface area contributed by atoms with Gasteiger partial charge in [0.05, 0.1) is 17.6 Å². The molecule has 2 heterocycles. The molecule has 3 heteroatoms. The van der Waals surface area contributed by atoms with Crippen LogP contribution in [-0.4, -0.2) is 18.1 Å². The third kappa shape index (κ3) is 1.35. The van der Waals surface area contributed by atoms with E-state index >= 15 is 0 Å². The predicted molar refractivity (Wildman–Crippen MR) is 61.1 cm³/mol. The van der Waals surface area contributed by atoms with Gasteiger partial charge in [0.25, 0.3) is 0 Å². The van der Waals surface area contributed by atoms with Crippen LogP contribution in [0.15, 0.2) is 30.3 Å². The van der Waals surface area contributed by atoms with Gasteiger partial charge in [-0.1, -0.05) is 18.2 Å². The first-order chi connectivity index (χ1) is 7.62. The molecule has 84 valence electrons. The molecule has 0 radical (unpaired) electrons. The number of benzene rings is 1. The Labute approximate surface area is 94.8 Å². The van der Waals surface area contributed by atoms with Gasteiger partial charge in [0.1, 0.15) is 0 Å². The van der Waals surface area contributed by atoms with E-state index in [1.54, 1.807) is 0 Å². The first-order valence-corrected chi connectivity index (χ1v) is 5.63. The van der Waals surface area contributed by atoms with Crippen molar-refractivity contribution < 1.29 is 9.53 Å². The number of anilines is 1. The number of carbonyl (C=O) groups is 1. The fraction of sp³-hybridized carbons (Fsp3) is 0.462. The van der Waals surface area contributed by atoms with Gasteiger partial charge >= 0.3 is 0 Å². The van der Waals surface area contributed by atoms with Crippen molar-refractivity contribution in [1.82, 2.24) is 0 Å². The number of nitrogens with one attached hydrogen (secondary N) is 1. The highest BCUT2D eigenvalue weighted by Gasteiger charge is 2.63. The molecule has 1 aromatic carbocycles. The molecule has 1 saturated carbocycles. The van der Waals surface area contributed by atoms with E-state index in [-0.39, 0.29) is 16.9 Å². The fourth-order valence-corrected chi connectivity index (χ4v) is 2.91. The van der Waals surface area contributed by atoms with E-state index in [4.69, 9.17) is 4.74 Å². The Balaban J connectivity index is 1.72. The normalized spacial score (nSPS) is 35.6. The number of fused-ring (bicyclic) bond motifs is 1. The van der Waals surface area contributed by atoms with E-state index in [9.17, 15) is 4.79 Å². The number of hydrogen-bond acceptors (Lipinski definition) is 2. The largest absolute Gasteiger partial charge is 0.374 e. The van der Waals surface area contributed by atoms with Crippen LogP contribution in [0.4, 0.5) is 5.69 Å². The topological polar surface area (TPSA) is 38.3 Å². The van der Waals surface area contributed by atoms with Crippen LogP contribution in [0, 0.1) is 5.41 Å². The summed E-state index contributed by atoms with van der Waals surface area (Å²) in [4.78, 5) is 12.1. The molecule has 4 rings (SSSR count). The van der Waals surface area contributed by atoms with Crippen LogP contribution >= 0.6 is 0 Å². The maximum Gasteiger partial charge on any atom is 0.233 e. The monoisotopic (exact) mass is 217 g/mol. The number of para-hydroxylation sites is 1. The summed E-state index contributed by atoms with van der Waals surface area (Å²) >= 11 is 0. The summed E-state index contributed by atoms with van der Waals surface area (Å²) in [5, 5.41) is 2.96. The first-order valence-electron chi connectivity index (χ1n) is 5.63. The molecular formula is C13H15NO2. The third-order valence-electron chi connectivity index (χ3n) is 3.63.